The van der Waals surface area contributed by atoms with Crippen molar-refractivity contribution in [2.24, 2.45) is 0 Å². The van der Waals surface area contributed by atoms with Gasteiger partial charge < -0.3 is 0 Å². The Kier molecular flexibility index (Phi) is 2.75. The molecular weight excluding hydrogens is 235 g/mol. The van der Waals surface area contributed by atoms with E-state index in [1.807, 2.05) is 12.1 Å². The third kappa shape index (κ3) is 2.19. The summed E-state index contributed by atoms with van der Waals surface area (Å²) in [6, 6.07) is 8.75. The fourth-order valence-electron chi connectivity index (χ4n) is 1.19. The Morgan fingerprint density at radius 3 is 2.47 bits per heavy atom. The molecule has 0 aliphatic rings. The lowest BCUT2D eigenvalue weighted by Gasteiger charge is -1.94. The van der Waals surface area contributed by atoms with Gasteiger partial charge in [0.25, 0.3) is 5.24 Å². The fraction of sp³-hybridized carbons (Fsp3) is 0. The SMILES string of the molecule is O=C(Cl)c1cc(-c2ccc(Cl)cc2)n[nH]1. The average Bonchev–Trinajstić information content (AvgIpc) is 2.68. The van der Waals surface area contributed by atoms with Crippen molar-refractivity contribution < 1.29 is 4.79 Å². The zero-order valence-corrected chi connectivity index (χ0v) is 9.01. The van der Waals surface area contributed by atoms with E-state index in [2.05, 4.69) is 10.2 Å². The van der Waals surface area contributed by atoms with Crippen molar-refractivity contribution >= 4 is 28.4 Å². The summed E-state index contributed by atoms with van der Waals surface area (Å²) in [5.41, 5.74) is 1.82. The summed E-state index contributed by atoms with van der Waals surface area (Å²) in [5, 5.41) is 6.62. The number of nitrogens with one attached hydrogen (secondary N) is 1. The lowest BCUT2D eigenvalue weighted by Crippen LogP contribution is -1.86. The van der Waals surface area contributed by atoms with Crippen LogP contribution in [0.15, 0.2) is 30.3 Å². The highest BCUT2D eigenvalue weighted by atomic mass is 35.5. The minimum Gasteiger partial charge on any atom is -0.274 e. The maximum absolute atomic E-state index is 10.8. The third-order valence-corrected chi connectivity index (χ3v) is 2.39. The van der Waals surface area contributed by atoms with Crippen LogP contribution in [0.5, 0.6) is 0 Å². The molecule has 0 aliphatic carbocycles. The molecule has 3 nitrogen and oxygen atoms in total. The first-order valence-electron chi connectivity index (χ1n) is 4.18. The number of aromatic nitrogens is 2. The van der Waals surface area contributed by atoms with Crippen molar-refractivity contribution in [2.45, 2.75) is 0 Å². The second kappa shape index (κ2) is 4.04. The molecule has 0 amide bonds. The van der Waals surface area contributed by atoms with E-state index < -0.39 is 5.24 Å². The van der Waals surface area contributed by atoms with Gasteiger partial charge in [-0.2, -0.15) is 5.10 Å². The second-order valence-corrected chi connectivity index (χ2v) is 3.73. The number of rotatable bonds is 2. The normalized spacial score (nSPS) is 10.3. The molecule has 1 aromatic carbocycles. The number of carbonyl (C=O) groups is 1. The highest BCUT2D eigenvalue weighted by Crippen LogP contribution is 2.20. The lowest BCUT2D eigenvalue weighted by atomic mass is 10.1. The first kappa shape index (κ1) is 10.2. The van der Waals surface area contributed by atoms with Gasteiger partial charge in [-0.05, 0) is 29.8 Å². The first-order valence-corrected chi connectivity index (χ1v) is 4.93. The minimum atomic E-state index is -0.553. The molecule has 1 aromatic heterocycles. The molecule has 2 rings (SSSR count). The number of hydrogen-bond donors (Lipinski definition) is 1. The molecule has 0 fully saturated rings. The molecule has 2 aromatic rings. The van der Waals surface area contributed by atoms with Crippen LogP contribution in [-0.2, 0) is 0 Å². The standard InChI is InChI=1S/C10H6Cl2N2O/c11-7-3-1-6(2-4-7)8-5-9(10(12)15)14-13-8/h1-5H,(H,13,14). The Hall–Kier alpha value is -1.32. The molecule has 5 heteroatoms. The van der Waals surface area contributed by atoms with Crippen LogP contribution in [0, 0.1) is 0 Å². The smallest absolute Gasteiger partial charge is 0.270 e. The topological polar surface area (TPSA) is 45.8 Å². The summed E-state index contributed by atoms with van der Waals surface area (Å²) in [6.45, 7) is 0. The predicted molar refractivity (Wildman–Crippen MR) is 59.2 cm³/mol. The summed E-state index contributed by atoms with van der Waals surface area (Å²) in [5.74, 6) is 0. The van der Waals surface area contributed by atoms with Crippen molar-refractivity contribution in [2.75, 3.05) is 0 Å². The zero-order chi connectivity index (χ0) is 10.8. The van der Waals surface area contributed by atoms with Gasteiger partial charge in [-0.1, -0.05) is 23.7 Å². The monoisotopic (exact) mass is 240 g/mol. The number of nitrogens with zero attached hydrogens (tertiary/aromatic N) is 1. The third-order valence-electron chi connectivity index (χ3n) is 1.93. The van der Waals surface area contributed by atoms with E-state index in [9.17, 15) is 4.79 Å². The highest BCUT2D eigenvalue weighted by Gasteiger charge is 2.07. The van der Waals surface area contributed by atoms with Gasteiger partial charge in [0.1, 0.15) is 5.69 Å². The van der Waals surface area contributed by atoms with Gasteiger partial charge in [-0.15, -0.1) is 0 Å². The Morgan fingerprint density at radius 2 is 1.93 bits per heavy atom. The van der Waals surface area contributed by atoms with Crippen LogP contribution in [0.25, 0.3) is 11.3 Å². The molecule has 0 saturated carbocycles. The first-order chi connectivity index (χ1) is 7.16. The molecular formula is C10H6Cl2N2O. The molecule has 0 radical (unpaired) electrons. The molecule has 1 heterocycles. The maximum atomic E-state index is 10.8. The molecule has 0 unspecified atom stereocenters. The van der Waals surface area contributed by atoms with Crippen LogP contribution in [0.1, 0.15) is 10.5 Å². The Balaban J connectivity index is 2.37. The number of benzene rings is 1. The zero-order valence-electron chi connectivity index (χ0n) is 7.50. The Morgan fingerprint density at radius 1 is 1.27 bits per heavy atom. The van der Waals surface area contributed by atoms with E-state index in [4.69, 9.17) is 23.2 Å². The molecule has 0 bridgehead atoms. The van der Waals surface area contributed by atoms with E-state index in [1.165, 1.54) is 0 Å². The molecule has 15 heavy (non-hydrogen) atoms. The Labute approximate surface area is 96.0 Å². The number of H-pyrrole nitrogens is 1. The van der Waals surface area contributed by atoms with Crippen molar-refractivity contribution in [1.29, 1.82) is 0 Å². The predicted octanol–water partition coefficient (Wildman–Crippen LogP) is 3.11. The molecule has 0 aliphatic heterocycles. The quantitative estimate of drug-likeness (QED) is 0.821. The van der Waals surface area contributed by atoms with E-state index >= 15 is 0 Å². The Bertz CT molecular complexity index is 490. The summed E-state index contributed by atoms with van der Waals surface area (Å²) < 4.78 is 0. The largest absolute Gasteiger partial charge is 0.274 e. The van der Waals surface area contributed by atoms with Crippen molar-refractivity contribution in [1.82, 2.24) is 10.2 Å². The van der Waals surface area contributed by atoms with Crippen molar-refractivity contribution in [3.05, 3.63) is 41.0 Å². The summed E-state index contributed by atoms with van der Waals surface area (Å²) in [6.07, 6.45) is 0. The second-order valence-electron chi connectivity index (χ2n) is 2.95. The van der Waals surface area contributed by atoms with Crippen LogP contribution in [0.2, 0.25) is 5.02 Å². The molecule has 76 valence electrons. The number of hydrogen-bond acceptors (Lipinski definition) is 2. The van der Waals surface area contributed by atoms with Crippen LogP contribution >= 0.6 is 23.2 Å². The van der Waals surface area contributed by atoms with E-state index in [-0.39, 0.29) is 5.69 Å². The van der Waals surface area contributed by atoms with Crippen LogP contribution < -0.4 is 0 Å². The molecule has 0 atom stereocenters. The molecule has 0 spiro atoms. The van der Waals surface area contributed by atoms with Gasteiger partial charge in [0.15, 0.2) is 0 Å². The van der Waals surface area contributed by atoms with Crippen LogP contribution in [0.4, 0.5) is 0 Å². The van der Waals surface area contributed by atoms with Crippen LogP contribution in [-0.4, -0.2) is 15.4 Å². The van der Waals surface area contributed by atoms with Gasteiger partial charge in [0, 0.05) is 10.6 Å². The van der Waals surface area contributed by atoms with E-state index in [1.54, 1.807) is 18.2 Å². The van der Waals surface area contributed by atoms with Gasteiger partial charge in [-0.3, -0.25) is 9.89 Å². The number of halogens is 2. The molecule has 0 saturated heterocycles. The van der Waals surface area contributed by atoms with Gasteiger partial charge in [-0.25, -0.2) is 0 Å². The molecule has 1 N–H and O–H groups in total. The minimum absolute atomic E-state index is 0.279. The number of aromatic amines is 1. The van der Waals surface area contributed by atoms with Gasteiger partial charge in [0.2, 0.25) is 0 Å². The van der Waals surface area contributed by atoms with E-state index in [0.717, 1.165) is 5.56 Å². The van der Waals surface area contributed by atoms with Gasteiger partial charge in [0.05, 0.1) is 5.69 Å². The fourth-order valence-corrected chi connectivity index (χ4v) is 1.41. The van der Waals surface area contributed by atoms with E-state index in [0.29, 0.717) is 10.7 Å². The van der Waals surface area contributed by atoms with Gasteiger partial charge >= 0.3 is 0 Å². The number of carbonyl (C=O) groups excluding carboxylic acids is 1. The maximum Gasteiger partial charge on any atom is 0.270 e. The summed E-state index contributed by atoms with van der Waals surface area (Å²) in [7, 11) is 0. The summed E-state index contributed by atoms with van der Waals surface area (Å²) >= 11 is 11.0. The van der Waals surface area contributed by atoms with Crippen LogP contribution in [0.3, 0.4) is 0 Å². The summed E-state index contributed by atoms with van der Waals surface area (Å²) in [4.78, 5) is 10.8. The van der Waals surface area contributed by atoms with Crippen molar-refractivity contribution in [3.8, 4) is 11.3 Å². The van der Waals surface area contributed by atoms with Crippen molar-refractivity contribution in [3.63, 3.8) is 0 Å². The highest BCUT2D eigenvalue weighted by molar-refractivity contribution is 6.67. The lowest BCUT2D eigenvalue weighted by molar-refractivity contribution is 0.107. The average molecular weight is 241 g/mol.